The second-order valence-electron chi connectivity index (χ2n) is 4.04. The lowest BCUT2D eigenvalue weighted by Crippen LogP contribution is -2.04. The summed E-state index contributed by atoms with van der Waals surface area (Å²) in [6.07, 6.45) is 3.66. The van der Waals surface area contributed by atoms with E-state index >= 15 is 0 Å². The molecule has 0 saturated heterocycles. The molecule has 3 aromatic rings. The first-order chi connectivity index (χ1) is 9.28. The zero-order chi connectivity index (χ0) is 13.2. The van der Waals surface area contributed by atoms with E-state index in [9.17, 15) is 4.79 Å². The molecule has 0 aliphatic carbocycles. The third kappa shape index (κ3) is 2.24. The molecule has 0 spiro atoms. The molecule has 5 heteroatoms. The molecule has 96 valence electrons. The van der Waals surface area contributed by atoms with E-state index in [2.05, 4.69) is 16.4 Å². The lowest BCUT2D eigenvalue weighted by molar-refractivity contribution is 0.0520. The Morgan fingerprint density at radius 1 is 1.32 bits per heavy atom. The van der Waals surface area contributed by atoms with Crippen molar-refractivity contribution in [2.75, 3.05) is 6.61 Å². The molecule has 0 unspecified atom stereocenters. The van der Waals surface area contributed by atoms with Crippen LogP contribution in [0.2, 0.25) is 0 Å². The second-order valence-corrected chi connectivity index (χ2v) is 4.82. The second kappa shape index (κ2) is 4.85. The first kappa shape index (κ1) is 11.9. The van der Waals surface area contributed by atoms with Crippen LogP contribution in [0.25, 0.3) is 16.8 Å². The summed E-state index contributed by atoms with van der Waals surface area (Å²) in [5.41, 5.74) is 3.34. The number of thiophene rings is 1. The fraction of sp³-hybridized carbons (Fsp3) is 0.143. The van der Waals surface area contributed by atoms with Crippen molar-refractivity contribution in [3.63, 3.8) is 0 Å². The average molecular weight is 272 g/mol. The Kier molecular flexibility index (Phi) is 3.05. The van der Waals surface area contributed by atoms with Crippen LogP contribution >= 0.6 is 11.3 Å². The quantitative estimate of drug-likeness (QED) is 0.687. The van der Waals surface area contributed by atoms with Gasteiger partial charge < -0.3 is 9.14 Å². The molecule has 0 aliphatic heterocycles. The van der Waals surface area contributed by atoms with Gasteiger partial charge in [0.1, 0.15) is 5.65 Å². The monoisotopic (exact) mass is 272 g/mol. The number of hydrogen-bond acceptors (Lipinski definition) is 4. The minimum atomic E-state index is -0.386. The summed E-state index contributed by atoms with van der Waals surface area (Å²) in [4.78, 5) is 15.9. The topological polar surface area (TPSA) is 43.6 Å². The Morgan fingerprint density at radius 2 is 2.21 bits per heavy atom. The van der Waals surface area contributed by atoms with E-state index in [0.717, 1.165) is 11.2 Å². The van der Waals surface area contributed by atoms with Gasteiger partial charge in [0.25, 0.3) is 0 Å². The molecule has 0 bridgehead atoms. The maximum absolute atomic E-state index is 11.6. The lowest BCUT2D eigenvalue weighted by Gasteiger charge is -1.98. The summed E-state index contributed by atoms with van der Waals surface area (Å²) in [5.74, 6) is -0.386. The van der Waals surface area contributed by atoms with Gasteiger partial charge in [0.05, 0.1) is 6.61 Å². The largest absolute Gasteiger partial charge is 0.461 e. The SMILES string of the molecule is CCOC(=O)c1cn2cc(-c3ccsc3)ccc2n1. The predicted molar refractivity (Wildman–Crippen MR) is 74.5 cm³/mol. The maximum atomic E-state index is 11.6. The molecule has 3 rings (SSSR count). The fourth-order valence-corrected chi connectivity index (χ4v) is 2.56. The maximum Gasteiger partial charge on any atom is 0.358 e. The molecule has 4 nitrogen and oxygen atoms in total. The van der Waals surface area contributed by atoms with Crippen molar-refractivity contribution in [2.45, 2.75) is 6.92 Å². The average Bonchev–Trinajstić information content (AvgIpc) is 3.07. The number of esters is 1. The third-order valence-electron chi connectivity index (χ3n) is 2.79. The van der Waals surface area contributed by atoms with Crippen LogP contribution in [0.15, 0.2) is 41.4 Å². The minimum Gasteiger partial charge on any atom is -0.461 e. The number of aromatic nitrogens is 2. The van der Waals surface area contributed by atoms with Crippen LogP contribution in [0.5, 0.6) is 0 Å². The minimum absolute atomic E-state index is 0.337. The number of imidazole rings is 1. The highest BCUT2D eigenvalue weighted by molar-refractivity contribution is 7.08. The van der Waals surface area contributed by atoms with Crippen molar-refractivity contribution >= 4 is 23.0 Å². The van der Waals surface area contributed by atoms with E-state index in [0.29, 0.717) is 12.3 Å². The van der Waals surface area contributed by atoms with Crippen molar-refractivity contribution < 1.29 is 9.53 Å². The summed E-state index contributed by atoms with van der Waals surface area (Å²) in [6, 6.07) is 5.96. The highest BCUT2D eigenvalue weighted by atomic mass is 32.1. The Morgan fingerprint density at radius 3 is 2.95 bits per heavy atom. The Bertz CT molecular complexity index is 716. The van der Waals surface area contributed by atoms with Crippen molar-refractivity contribution in [2.24, 2.45) is 0 Å². The molecular weight excluding hydrogens is 260 g/mol. The number of ether oxygens (including phenoxy) is 1. The zero-order valence-corrected chi connectivity index (χ0v) is 11.2. The van der Waals surface area contributed by atoms with Crippen LogP contribution in [0.1, 0.15) is 17.4 Å². The van der Waals surface area contributed by atoms with Crippen molar-refractivity contribution in [1.29, 1.82) is 0 Å². The van der Waals surface area contributed by atoms with Crippen LogP contribution in [0.3, 0.4) is 0 Å². The van der Waals surface area contributed by atoms with Gasteiger partial charge in [-0.2, -0.15) is 11.3 Å². The number of pyridine rings is 1. The first-order valence-electron chi connectivity index (χ1n) is 5.96. The first-order valence-corrected chi connectivity index (χ1v) is 6.90. The van der Waals surface area contributed by atoms with Gasteiger partial charge in [0.15, 0.2) is 5.69 Å². The molecule has 3 aromatic heterocycles. The van der Waals surface area contributed by atoms with Gasteiger partial charge in [-0.15, -0.1) is 0 Å². The van der Waals surface area contributed by atoms with Crippen molar-refractivity contribution in [1.82, 2.24) is 9.38 Å². The molecule has 0 aliphatic rings. The normalized spacial score (nSPS) is 10.8. The predicted octanol–water partition coefficient (Wildman–Crippen LogP) is 3.24. The van der Waals surface area contributed by atoms with Gasteiger partial charge in [0, 0.05) is 12.4 Å². The Balaban J connectivity index is 2.02. The van der Waals surface area contributed by atoms with Gasteiger partial charge in [-0.05, 0) is 47.0 Å². The van der Waals surface area contributed by atoms with Crippen LogP contribution in [0.4, 0.5) is 0 Å². The number of fused-ring (bicyclic) bond motifs is 1. The van der Waals surface area contributed by atoms with E-state index in [4.69, 9.17) is 4.74 Å². The highest BCUT2D eigenvalue weighted by Gasteiger charge is 2.11. The van der Waals surface area contributed by atoms with Gasteiger partial charge in [-0.25, -0.2) is 9.78 Å². The highest BCUT2D eigenvalue weighted by Crippen LogP contribution is 2.22. The van der Waals surface area contributed by atoms with E-state index in [1.165, 1.54) is 5.56 Å². The molecular formula is C14H12N2O2S. The number of carbonyl (C=O) groups excluding carboxylic acids is 1. The van der Waals surface area contributed by atoms with E-state index in [-0.39, 0.29) is 5.97 Å². The Hall–Kier alpha value is -2.14. The van der Waals surface area contributed by atoms with Gasteiger partial charge in [0.2, 0.25) is 0 Å². The molecule has 0 aromatic carbocycles. The molecule has 19 heavy (non-hydrogen) atoms. The molecule has 0 atom stereocenters. The lowest BCUT2D eigenvalue weighted by atomic mass is 10.1. The number of rotatable bonds is 3. The third-order valence-corrected chi connectivity index (χ3v) is 3.47. The van der Waals surface area contributed by atoms with E-state index in [1.807, 2.05) is 28.1 Å². The molecule has 0 amide bonds. The standard InChI is InChI=1S/C14H12N2O2S/c1-2-18-14(17)12-8-16-7-10(3-4-13(16)15-12)11-5-6-19-9-11/h3-9H,2H2,1H3. The van der Waals surface area contributed by atoms with Crippen molar-refractivity contribution in [3.05, 3.63) is 47.0 Å². The Labute approximate surface area is 114 Å². The number of nitrogens with zero attached hydrogens (tertiary/aromatic N) is 2. The van der Waals surface area contributed by atoms with Crippen LogP contribution in [-0.2, 0) is 4.74 Å². The van der Waals surface area contributed by atoms with Crippen LogP contribution in [-0.4, -0.2) is 22.0 Å². The summed E-state index contributed by atoms with van der Waals surface area (Å²) in [5, 5.41) is 4.13. The number of hydrogen-bond donors (Lipinski definition) is 0. The zero-order valence-electron chi connectivity index (χ0n) is 10.4. The molecule has 0 radical (unpaired) electrons. The summed E-state index contributed by atoms with van der Waals surface area (Å²) in [7, 11) is 0. The molecule has 3 heterocycles. The van der Waals surface area contributed by atoms with Crippen LogP contribution < -0.4 is 0 Å². The van der Waals surface area contributed by atoms with E-state index < -0.39 is 0 Å². The van der Waals surface area contributed by atoms with Gasteiger partial charge in [-0.1, -0.05) is 0 Å². The summed E-state index contributed by atoms with van der Waals surface area (Å²) >= 11 is 1.66. The summed E-state index contributed by atoms with van der Waals surface area (Å²) in [6.45, 7) is 2.13. The van der Waals surface area contributed by atoms with Gasteiger partial charge in [-0.3, -0.25) is 0 Å². The summed E-state index contributed by atoms with van der Waals surface area (Å²) < 4.78 is 6.79. The van der Waals surface area contributed by atoms with Crippen LogP contribution in [0, 0.1) is 0 Å². The van der Waals surface area contributed by atoms with Crippen molar-refractivity contribution in [3.8, 4) is 11.1 Å². The van der Waals surface area contributed by atoms with E-state index in [1.54, 1.807) is 24.5 Å². The van der Waals surface area contributed by atoms with Gasteiger partial charge >= 0.3 is 5.97 Å². The molecule has 0 saturated carbocycles. The number of carbonyl (C=O) groups is 1. The fourth-order valence-electron chi connectivity index (χ4n) is 1.89. The smallest absolute Gasteiger partial charge is 0.358 e. The molecule has 0 fully saturated rings. The molecule has 0 N–H and O–H groups in total.